The molecule has 1 heterocycles. The quantitative estimate of drug-likeness (QED) is 0.861. The van der Waals surface area contributed by atoms with E-state index in [0.29, 0.717) is 11.3 Å². The molecule has 0 saturated carbocycles. The number of methoxy groups -OCH3 is 1. The zero-order valence-electron chi connectivity index (χ0n) is 11.1. The number of esters is 1. The molecule has 0 aliphatic carbocycles. The number of nitrogens with one attached hydrogen (secondary N) is 1. The van der Waals surface area contributed by atoms with Gasteiger partial charge < -0.3 is 10.1 Å². The molecule has 0 aliphatic rings. The second-order valence-corrected chi connectivity index (χ2v) is 4.07. The number of hydrogen-bond donors (Lipinski definition) is 1. The van der Waals surface area contributed by atoms with E-state index >= 15 is 0 Å². The highest BCUT2D eigenvalue weighted by Gasteiger charge is 2.12. The van der Waals surface area contributed by atoms with Gasteiger partial charge in [-0.1, -0.05) is 6.07 Å². The number of carbonyl (C=O) groups excluding carboxylic acids is 2. The lowest BCUT2D eigenvalue weighted by Crippen LogP contribution is -2.15. The van der Waals surface area contributed by atoms with Crippen LogP contribution in [0, 0.1) is 6.92 Å². The van der Waals surface area contributed by atoms with Crippen LogP contribution >= 0.6 is 0 Å². The monoisotopic (exact) mass is 271 g/mol. The van der Waals surface area contributed by atoms with Gasteiger partial charge in [0, 0.05) is 18.1 Å². The Morgan fingerprint density at radius 2 is 2.05 bits per heavy atom. The molecule has 0 fully saturated rings. The summed E-state index contributed by atoms with van der Waals surface area (Å²) >= 11 is 0. The van der Waals surface area contributed by atoms with E-state index in [-0.39, 0.29) is 11.6 Å². The number of carbonyl (C=O) groups is 2. The largest absolute Gasteiger partial charge is 0.465 e. The van der Waals surface area contributed by atoms with Gasteiger partial charge in [0.05, 0.1) is 18.9 Å². The van der Waals surface area contributed by atoms with Crippen LogP contribution in [-0.2, 0) is 4.74 Å². The smallest absolute Gasteiger partial charge is 0.337 e. The van der Waals surface area contributed by atoms with Crippen molar-refractivity contribution < 1.29 is 14.3 Å². The molecule has 0 aliphatic heterocycles. The number of aromatic nitrogens is 2. The lowest BCUT2D eigenvalue weighted by atomic mass is 10.1. The summed E-state index contributed by atoms with van der Waals surface area (Å²) in [5.74, 6) is -0.844. The predicted molar refractivity (Wildman–Crippen MR) is 72.5 cm³/mol. The minimum absolute atomic E-state index is 0.204. The van der Waals surface area contributed by atoms with Crippen molar-refractivity contribution in [1.82, 2.24) is 9.97 Å². The van der Waals surface area contributed by atoms with E-state index in [1.807, 2.05) is 6.92 Å². The molecule has 1 amide bonds. The van der Waals surface area contributed by atoms with Gasteiger partial charge in [-0.3, -0.25) is 9.78 Å². The van der Waals surface area contributed by atoms with Crippen LogP contribution in [0.5, 0.6) is 0 Å². The average Bonchev–Trinajstić information content (AvgIpc) is 2.49. The molecule has 0 saturated heterocycles. The van der Waals surface area contributed by atoms with E-state index in [4.69, 9.17) is 0 Å². The molecule has 2 rings (SSSR count). The van der Waals surface area contributed by atoms with Crippen molar-refractivity contribution in [3.63, 3.8) is 0 Å². The molecule has 20 heavy (non-hydrogen) atoms. The second-order valence-electron chi connectivity index (χ2n) is 4.07. The van der Waals surface area contributed by atoms with Gasteiger partial charge in [0.25, 0.3) is 5.91 Å². The van der Waals surface area contributed by atoms with Gasteiger partial charge in [0.2, 0.25) is 0 Å². The van der Waals surface area contributed by atoms with E-state index in [9.17, 15) is 9.59 Å². The van der Waals surface area contributed by atoms with Gasteiger partial charge in [0.1, 0.15) is 5.69 Å². The maximum atomic E-state index is 12.0. The Morgan fingerprint density at radius 3 is 2.70 bits per heavy atom. The SMILES string of the molecule is COC(=O)c1ccc(C)c(NC(=O)c2cnccn2)c1. The van der Waals surface area contributed by atoms with Crippen molar-refractivity contribution >= 4 is 17.6 Å². The summed E-state index contributed by atoms with van der Waals surface area (Å²) in [6.07, 6.45) is 4.29. The van der Waals surface area contributed by atoms with Gasteiger partial charge in [0.15, 0.2) is 0 Å². The van der Waals surface area contributed by atoms with Crippen LogP contribution in [0.15, 0.2) is 36.8 Å². The highest BCUT2D eigenvalue weighted by molar-refractivity contribution is 6.03. The molecule has 0 unspecified atom stereocenters. The Bertz CT molecular complexity index is 641. The first-order valence-corrected chi connectivity index (χ1v) is 5.88. The standard InChI is InChI=1S/C14H13N3O3/c1-9-3-4-10(14(19)20-2)7-11(9)17-13(18)12-8-15-5-6-16-12/h3-8H,1-2H3,(H,17,18). The molecule has 0 radical (unpaired) electrons. The summed E-state index contributed by atoms with van der Waals surface area (Å²) in [7, 11) is 1.31. The fourth-order valence-electron chi connectivity index (χ4n) is 1.60. The molecule has 6 nitrogen and oxygen atoms in total. The van der Waals surface area contributed by atoms with Crippen molar-refractivity contribution in [3.8, 4) is 0 Å². The lowest BCUT2D eigenvalue weighted by Gasteiger charge is -2.09. The number of benzene rings is 1. The van der Waals surface area contributed by atoms with Crippen LogP contribution in [0.1, 0.15) is 26.4 Å². The van der Waals surface area contributed by atoms with E-state index in [1.165, 1.54) is 25.7 Å². The Morgan fingerprint density at radius 1 is 1.25 bits per heavy atom. The molecule has 0 bridgehead atoms. The fraction of sp³-hybridized carbons (Fsp3) is 0.143. The van der Waals surface area contributed by atoms with Crippen LogP contribution in [0.3, 0.4) is 0 Å². The third kappa shape index (κ3) is 2.97. The van der Waals surface area contributed by atoms with E-state index in [0.717, 1.165) is 5.56 Å². The molecule has 0 spiro atoms. The van der Waals surface area contributed by atoms with Crippen molar-refractivity contribution in [1.29, 1.82) is 0 Å². The summed E-state index contributed by atoms with van der Waals surface area (Å²) < 4.78 is 4.65. The van der Waals surface area contributed by atoms with Crippen LogP contribution in [-0.4, -0.2) is 29.0 Å². The normalized spacial score (nSPS) is 9.90. The Balaban J connectivity index is 2.25. The maximum absolute atomic E-state index is 12.0. The second kappa shape index (κ2) is 5.92. The fourth-order valence-corrected chi connectivity index (χ4v) is 1.60. The number of amides is 1. The maximum Gasteiger partial charge on any atom is 0.337 e. The highest BCUT2D eigenvalue weighted by Crippen LogP contribution is 2.18. The summed E-state index contributed by atoms with van der Waals surface area (Å²) in [5.41, 5.74) is 1.93. The first-order valence-electron chi connectivity index (χ1n) is 5.88. The first-order chi connectivity index (χ1) is 9.61. The van der Waals surface area contributed by atoms with Crippen molar-refractivity contribution in [2.24, 2.45) is 0 Å². The molecular weight excluding hydrogens is 258 g/mol. The van der Waals surface area contributed by atoms with Crippen molar-refractivity contribution in [2.75, 3.05) is 12.4 Å². The van der Waals surface area contributed by atoms with Crippen molar-refractivity contribution in [3.05, 3.63) is 53.6 Å². The van der Waals surface area contributed by atoms with E-state index in [1.54, 1.807) is 18.2 Å². The summed E-state index contributed by atoms with van der Waals surface area (Å²) in [6.45, 7) is 1.83. The molecule has 1 N–H and O–H groups in total. The van der Waals surface area contributed by atoms with Crippen LogP contribution in [0.2, 0.25) is 0 Å². The van der Waals surface area contributed by atoms with Gasteiger partial charge in [-0.25, -0.2) is 9.78 Å². The van der Waals surface area contributed by atoms with Gasteiger partial charge in [-0.15, -0.1) is 0 Å². The Kier molecular flexibility index (Phi) is 4.05. The molecule has 1 aromatic carbocycles. The summed E-state index contributed by atoms with van der Waals surface area (Å²) in [6, 6.07) is 4.94. The number of rotatable bonds is 3. The topological polar surface area (TPSA) is 81.2 Å². The van der Waals surface area contributed by atoms with E-state index < -0.39 is 5.97 Å². The zero-order valence-corrected chi connectivity index (χ0v) is 11.1. The zero-order chi connectivity index (χ0) is 14.5. The molecule has 102 valence electrons. The highest BCUT2D eigenvalue weighted by atomic mass is 16.5. The predicted octanol–water partition coefficient (Wildman–Crippen LogP) is 1.82. The summed E-state index contributed by atoms with van der Waals surface area (Å²) in [5, 5.41) is 2.70. The number of anilines is 1. The lowest BCUT2D eigenvalue weighted by molar-refractivity contribution is 0.0600. The number of aryl methyl sites for hydroxylation is 1. The minimum Gasteiger partial charge on any atom is -0.465 e. The van der Waals surface area contributed by atoms with Crippen LogP contribution in [0.25, 0.3) is 0 Å². The number of nitrogens with zero attached hydrogens (tertiary/aromatic N) is 2. The third-order valence-electron chi connectivity index (χ3n) is 2.70. The number of ether oxygens (including phenoxy) is 1. The molecule has 6 heteroatoms. The van der Waals surface area contributed by atoms with Gasteiger partial charge in [-0.2, -0.15) is 0 Å². The summed E-state index contributed by atoms with van der Waals surface area (Å²) in [4.78, 5) is 31.2. The minimum atomic E-state index is -0.458. The average molecular weight is 271 g/mol. The Hall–Kier alpha value is -2.76. The molecule has 0 atom stereocenters. The molecule has 2 aromatic rings. The Labute approximate surface area is 115 Å². The van der Waals surface area contributed by atoms with E-state index in [2.05, 4.69) is 20.0 Å². The van der Waals surface area contributed by atoms with Crippen LogP contribution in [0.4, 0.5) is 5.69 Å². The van der Waals surface area contributed by atoms with Gasteiger partial charge in [-0.05, 0) is 24.6 Å². The van der Waals surface area contributed by atoms with Gasteiger partial charge >= 0.3 is 5.97 Å². The first kappa shape index (κ1) is 13.7. The van der Waals surface area contributed by atoms with Crippen molar-refractivity contribution in [2.45, 2.75) is 6.92 Å². The third-order valence-corrected chi connectivity index (χ3v) is 2.70. The number of hydrogen-bond acceptors (Lipinski definition) is 5. The molecular formula is C14H13N3O3. The van der Waals surface area contributed by atoms with Crippen LogP contribution < -0.4 is 5.32 Å². The molecule has 1 aromatic heterocycles.